The van der Waals surface area contributed by atoms with E-state index in [0.29, 0.717) is 6.61 Å². The zero-order valence-electron chi connectivity index (χ0n) is 7.53. The molecule has 0 atom stereocenters. The lowest BCUT2D eigenvalue weighted by atomic mass is 10.4. The zero-order chi connectivity index (χ0) is 9.56. The first kappa shape index (κ1) is 10.7. The second kappa shape index (κ2) is 5.35. The van der Waals surface area contributed by atoms with Crippen LogP contribution in [-0.4, -0.2) is 37.5 Å². The first-order valence-electron chi connectivity index (χ1n) is 3.64. The van der Waals surface area contributed by atoms with E-state index in [-0.39, 0.29) is 5.91 Å². The minimum absolute atomic E-state index is 0.233. The van der Waals surface area contributed by atoms with E-state index in [4.69, 9.17) is 0 Å². The largest absolute Gasteiger partial charge is 0.463 e. The van der Waals surface area contributed by atoms with Gasteiger partial charge in [-0.1, -0.05) is 0 Å². The lowest BCUT2D eigenvalue weighted by molar-refractivity contribution is -0.137. The molecular weight excluding hydrogens is 158 g/mol. The summed E-state index contributed by atoms with van der Waals surface area (Å²) in [5.74, 6) is -0.726. The van der Waals surface area contributed by atoms with E-state index >= 15 is 0 Å². The lowest BCUT2D eigenvalue weighted by Gasteiger charge is -2.04. The number of likely N-dealkylation sites (N-methyl/N-ethyl adjacent to an activating group) is 1. The van der Waals surface area contributed by atoms with Crippen molar-refractivity contribution in [3.05, 3.63) is 12.2 Å². The molecule has 1 amide bonds. The van der Waals surface area contributed by atoms with Crippen molar-refractivity contribution in [1.82, 2.24) is 4.90 Å². The van der Waals surface area contributed by atoms with Gasteiger partial charge in [-0.15, -0.1) is 0 Å². The molecule has 0 saturated heterocycles. The Balaban J connectivity index is 3.90. The number of esters is 1. The van der Waals surface area contributed by atoms with Crippen LogP contribution in [-0.2, 0) is 14.3 Å². The molecule has 0 aliphatic heterocycles. The quantitative estimate of drug-likeness (QED) is 0.450. The topological polar surface area (TPSA) is 46.6 Å². The van der Waals surface area contributed by atoms with E-state index in [0.717, 1.165) is 6.08 Å². The van der Waals surface area contributed by atoms with Crippen LogP contribution in [0.25, 0.3) is 0 Å². The van der Waals surface area contributed by atoms with Gasteiger partial charge in [0.05, 0.1) is 6.61 Å². The second-order valence-corrected chi connectivity index (χ2v) is 2.32. The fraction of sp³-hybridized carbons (Fsp3) is 0.500. The van der Waals surface area contributed by atoms with Crippen LogP contribution in [0.1, 0.15) is 6.92 Å². The Labute approximate surface area is 71.8 Å². The molecule has 0 aliphatic carbocycles. The van der Waals surface area contributed by atoms with E-state index in [1.807, 2.05) is 0 Å². The molecule has 0 aromatic carbocycles. The van der Waals surface area contributed by atoms with Gasteiger partial charge in [0.2, 0.25) is 5.91 Å². The summed E-state index contributed by atoms with van der Waals surface area (Å²) in [6, 6.07) is 0. The molecule has 0 rings (SSSR count). The molecule has 4 heteroatoms. The fourth-order valence-corrected chi connectivity index (χ4v) is 0.479. The van der Waals surface area contributed by atoms with Crippen LogP contribution in [0.2, 0.25) is 0 Å². The van der Waals surface area contributed by atoms with Crippen molar-refractivity contribution >= 4 is 11.9 Å². The molecule has 68 valence electrons. The van der Waals surface area contributed by atoms with Crippen LogP contribution in [0.4, 0.5) is 0 Å². The highest BCUT2D eigenvalue weighted by Gasteiger charge is 1.99. The summed E-state index contributed by atoms with van der Waals surface area (Å²) in [7, 11) is 3.22. The molecule has 0 radical (unpaired) electrons. The van der Waals surface area contributed by atoms with Gasteiger partial charge in [0.25, 0.3) is 0 Å². The Morgan fingerprint density at radius 2 is 1.92 bits per heavy atom. The number of nitrogens with zero attached hydrogens (tertiary/aromatic N) is 1. The number of ether oxygens (including phenoxy) is 1. The molecule has 0 spiro atoms. The molecule has 0 aromatic heterocycles. The van der Waals surface area contributed by atoms with Gasteiger partial charge < -0.3 is 9.64 Å². The summed E-state index contributed by atoms with van der Waals surface area (Å²) in [6.07, 6.45) is 2.30. The molecule has 0 aliphatic rings. The summed E-state index contributed by atoms with van der Waals surface area (Å²) in [5.41, 5.74) is 0. The third-order valence-electron chi connectivity index (χ3n) is 1.09. The van der Waals surface area contributed by atoms with E-state index in [1.54, 1.807) is 21.0 Å². The summed E-state index contributed by atoms with van der Waals surface area (Å²) >= 11 is 0. The van der Waals surface area contributed by atoms with Gasteiger partial charge in [-0.25, -0.2) is 4.79 Å². The van der Waals surface area contributed by atoms with Crippen LogP contribution >= 0.6 is 0 Å². The number of hydrogen-bond donors (Lipinski definition) is 0. The Morgan fingerprint density at radius 1 is 1.33 bits per heavy atom. The van der Waals surface area contributed by atoms with Crippen LogP contribution in [0.15, 0.2) is 12.2 Å². The number of hydrogen-bond acceptors (Lipinski definition) is 3. The predicted octanol–water partition coefficient (Wildman–Crippen LogP) is 0.194. The maximum Gasteiger partial charge on any atom is 0.330 e. The molecule has 0 N–H and O–H groups in total. The summed E-state index contributed by atoms with van der Waals surface area (Å²) in [4.78, 5) is 22.9. The highest BCUT2D eigenvalue weighted by Crippen LogP contribution is 1.84. The molecule has 12 heavy (non-hydrogen) atoms. The Hall–Kier alpha value is -1.32. The van der Waals surface area contributed by atoms with E-state index in [2.05, 4.69) is 4.74 Å². The van der Waals surface area contributed by atoms with Gasteiger partial charge in [0, 0.05) is 26.2 Å². The normalized spacial score (nSPS) is 9.92. The van der Waals surface area contributed by atoms with Crippen molar-refractivity contribution in [2.24, 2.45) is 0 Å². The Bertz CT molecular complexity index is 196. The smallest absolute Gasteiger partial charge is 0.330 e. The highest BCUT2D eigenvalue weighted by atomic mass is 16.5. The summed E-state index contributed by atoms with van der Waals surface area (Å²) in [5, 5.41) is 0. The van der Waals surface area contributed by atoms with E-state index < -0.39 is 5.97 Å². The number of carbonyl (C=O) groups is 2. The first-order valence-corrected chi connectivity index (χ1v) is 3.64. The molecule has 0 heterocycles. The van der Waals surface area contributed by atoms with Crippen LogP contribution in [0, 0.1) is 0 Å². The van der Waals surface area contributed by atoms with Gasteiger partial charge in [-0.05, 0) is 6.92 Å². The fourth-order valence-electron chi connectivity index (χ4n) is 0.479. The molecule has 0 bridgehead atoms. The van der Waals surface area contributed by atoms with Gasteiger partial charge in [-0.2, -0.15) is 0 Å². The average molecular weight is 171 g/mol. The molecule has 0 unspecified atom stereocenters. The first-order chi connectivity index (χ1) is 5.57. The summed E-state index contributed by atoms with van der Waals surface area (Å²) < 4.78 is 4.58. The van der Waals surface area contributed by atoms with Crippen molar-refractivity contribution in [3.8, 4) is 0 Å². The maximum atomic E-state index is 10.9. The molecule has 0 fully saturated rings. The SMILES string of the molecule is CCOC(=O)/C=C/C(=O)N(C)C. The molecular formula is C8H13NO3. The maximum absolute atomic E-state index is 10.9. The van der Waals surface area contributed by atoms with Crippen molar-refractivity contribution in [1.29, 1.82) is 0 Å². The standard InChI is InChI=1S/C8H13NO3/c1-4-12-8(11)6-5-7(10)9(2)3/h5-6H,4H2,1-3H3/b6-5+. The number of rotatable bonds is 3. The van der Waals surface area contributed by atoms with Gasteiger partial charge >= 0.3 is 5.97 Å². The summed E-state index contributed by atoms with van der Waals surface area (Å²) in [6.45, 7) is 2.03. The van der Waals surface area contributed by atoms with Crippen molar-refractivity contribution < 1.29 is 14.3 Å². The van der Waals surface area contributed by atoms with Gasteiger partial charge in [-0.3, -0.25) is 4.79 Å². The molecule has 0 saturated carbocycles. The van der Waals surface area contributed by atoms with E-state index in [1.165, 1.54) is 11.0 Å². The zero-order valence-corrected chi connectivity index (χ0v) is 7.53. The predicted molar refractivity (Wildman–Crippen MR) is 44.5 cm³/mol. The monoisotopic (exact) mass is 171 g/mol. The second-order valence-electron chi connectivity index (χ2n) is 2.32. The van der Waals surface area contributed by atoms with Crippen LogP contribution in [0.5, 0.6) is 0 Å². The minimum atomic E-state index is -0.493. The van der Waals surface area contributed by atoms with Crippen molar-refractivity contribution in [3.63, 3.8) is 0 Å². The Kier molecular flexibility index (Phi) is 4.76. The molecule has 0 aromatic rings. The van der Waals surface area contributed by atoms with E-state index in [9.17, 15) is 9.59 Å². The molecule has 4 nitrogen and oxygen atoms in total. The van der Waals surface area contributed by atoms with Crippen LogP contribution < -0.4 is 0 Å². The Morgan fingerprint density at radius 3 is 2.33 bits per heavy atom. The number of carbonyl (C=O) groups excluding carboxylic acids is 2. The number of amides is 1. The highest BCUT2D eigenvalue weighted by molar-refractivity contribution is 5.94. The van der Waals surface area contributed by atoms with Crippen molar-refractivity contribution in [2.45, 2.75) is 6.92 Å². The third-order valence-corrected chi connectivity index (χ3v) is 1.09. The lowest BCUT2D eigenvalue weighted by Crippen LogP contribution is -2.19. The third kappa shape index (κ3) is 4.49. The minimum Gasteiger partial charge on any atom is -0.463 e. The average Bonchev–Trinajstić information content (AvgIpc) is 2.00. The van der Waals surface area contributed by atoms with Gasteiger partial charge in [0.15, 0.2) is 0 Å². The van der Waals surface area contributed by atoms with Crippen LogP contribution in [0.3, 0.4) is 0 Å². The van der Waals surface area contributed by atoms with Crippen molar-refractivity contribution in [2.75, 3.05) is 20.7 Å². The van der Waals surface area contributed by atoms with Gasteiger partial charge in [0.1, 0.15) is 0 Å².